The zero-order valence-corrected chi connectivity index (χ0v) is 19.7. The van der Waals surface area contributed by atoms with Gasteiger partial charge in [0.1, 0.15) is 11.0 Å². The van der Waals surface area contributed by atoms with Crippen LogP contribution in [0.4, 0.5) is 11.4 Å². The summed E-state index contributed by atoms with van der Waals surface area (Å²) >= 11 is 1.26. The highest BCUT2D eigenvalue weighted by Crippen LogP contribution is 2.32. The summed E-state index contributed by atoms with van der Waals surface area (Å²) in [6, 6.07) is 13.8. The fraction of sp³-hybridized carbons (Fsp3) is 0.333. The lowest BCUT2D eigenvalue weighted by molar-refractivity contribution is -0.128. The minimum atomic E-state index is -0.558. The molecule has 3 rings (SSSR count). The number of aliphatic imine (C=N–C) groups is 1. The minimum Gasteiger partial charge on any atom is -0.494 e. The zero-order chi connectivity index (χ0) is 23.8. The van der Waals surface area contributed by atoms with Gasteiger partial charge < -0.3 is 14.8 Å². The number of ether oxygens (including phenoxy) is 2. The molecule has 1 atom stereocenters. The smallest absolute Gasteiger partial charge is 0.338 e. The number of hydrogen-bond acceptors (Lipinski definition) is 7. The molecule has 1 aliphatic heterocycles. The van der Waals surface area contributed by atoms with Crippen molar-refractivity contribution in [2.45, 2.75) is 32.4 Å². The number of carbonyl (C=O) groups is 3. The predicted octanol–water partition coefficient (Wildman–Crippen LogP) is 4.24. The molecule has 0 aliphatic carbocycles. The lowest BCUT2D eigenvalue weighted by Crippen LogP contribution is -2.33. The van der Waals surface area contributed by atoms with E-state index in [0.717, 1.165) is 0 Å². The molecule has 1 aliphatic rings. The summed E-state index contributed by atoms with van der Waals surface area (Å²) in [5.74, 6) is -0.134. The average molecular weight is 470 g/mol. The minimum absolute atomic E-state index is 0.0275. The van der Waals surface area contributed by atoms with Crippen LogP contribution in [0.2, 0.25) is 0 Å². The Labute approximate surface area is 197 Å². The number of benzene rings is 2. The maximum Gasteiger partial charge on any atom is 0.338 e. The number of carbonyl (C=O) groups excluding carboxylic acids is 3. The van der Waals surface area contributed by atoms with Crippen LogP contribution in [0, 0.1) is 0 Å². The van der Waals surface area contributed by atoms with Gasteiger partial charge in [0.15, 0.2) is 5.17 Å². The molecule has 0 unspecified atom stereocenters. The summed E-state index contributed by atoms with van der Waals surface area (Å²) in [4.78, 5) is 43.4. The predicted molar refractivity (Wildman–Crippen MR) is 129 cm³/mol. The number of amides is 2. The molecule has 9 heteroatoms. The summed E-state index contributed by atoms with van der Waals surface area (Å²) in [5.41, 5.74) is 1.66. The third kappa shape index (κ3) is 6.35. The SMILES string of the molecule is CCOC(=O)c1ccc(N=C2S[C@@H](CC(=O)Nc3cccc(OCC)c3)C(=O)N2CC)cc1. The number of thioether (sulfide) groups is 1. The first-order valence-corrected chi connectivity index (χ1v) is 11.7. The Kier molecular flexibility index (Phi) is 8.48. The van der Waals surface area contributed by atoms with Crippen LogP contribution in [-0.2, 0) is 14.3 Å². The van der Waals surface area contributed by atoms with Gasteiger partial charge in [-0.3, -0.25) is 14.5 Å². The summed E-state index contributed by atoms with van der Waals surface area (Å²) in [6.45, 7) is 6.78. The van der Waals surface area contributed by atoms with E-state index >= 15 is 0 Å². The molecule has 0 bridgehead atoms. The van der Waals surface area contributed by atoms with Crippen LogP contribution in [0.1, 0.15) is 37.6 Å². The zero-order valence-electron chi connectivity index (χ0n) is 18.9. The first-order valence-electron chi connectivity index (χ1n) is 10.8. The maximum absolute atomic E-state index is 12.8. The number of hydrogen-bond donors (Lipinski definition) is 1. The Morgan fingerprint density at radius 2 is 1.85 bits per heavy atom. The van der Waals surface area contributed by atoms with Crippen LogP contribution in [-0.4, -0.2) is 52.9 Å². The highest BCUT2D eigenvalue weighted by molar-refractivity contribution is 8.15. The molecule has 0 spiro atoms. The number of nitrogens with zero attached hydrogens (tertiary/aromatic N) is 2. The van der Waals surface area contributed by atoms with E-state index in [4.69, 9.17) is 9.47 Å². The van der Waals surface area contributed by atoms with Gasteiger partial charge in [-0.2, -0.15) is 0 Å². The van der Waals surface area contributed by atoms with Crippen molar-refractivity contribution in [2.75, 3.05) is 25.1 Å². The second-order valence-electron chi connectivity index (χ2n) is 7.06. The fourth-order valence-electron chi connectivity index (χ4n) is 3.22. The Bertz CT molecular complexity index is 1040. The maximum atomic E-state index is 12.8. The Morgan fingerprint density at radius 1 is 1.09 bits per heavy atom. The standard InChI is InChI=1S/C24H27N3O5S/c1-4-27-22(29)20(15-21(28)25-18-8-7-9-19(14-18)31-5-2)33-24(27)26-17-12-10-16(11-13-17)23(30)32-6-3/h7-14,20H,4-6,15H2,1-3H3,(H,25,28)/t20-/m0/s1. The van der Waals surface area contributed by atoms with Crippen molar-refractivity contribution in [1.82, 2.24) is 4.90 Å². The van der Waals surface area contributed by atoms with Crippen molar-refractivity contribution in [3.05, 3.63) is 54.1 Å². The number of anilines is 1. The summed E-state index contributed by atoms with van der Waals surface area (Å²) in [6.07, 6.45) is 0.0275. The van der Waals surface area contributed by atoms with Crippen LogP contribution in [0.5, 0.6) is 5.75 Å². The molecule has 2 aromatic rings. The van der Waals surface area contributed by atoms with Crippen molar-refractivity contribution >= 4 is 46.1 Å². The van der Waals surface area contributed by atoms with Gasteiger partial charge in [-0.25, -0.2) is 9.79 Å². The third-order valence-electron chi connectivity index (χ3n) is 4.74. The van der Waals surface area contributed by atoms with E-state index in [1.54, 1.807) is 54.3 Å². The lowest BCUT2D eigenvalue weighted by atomic mass is 10.2. The van der Waals surface area contributed by atoms with Crippen LogP contribution >= 0.6 is 11.8 Å². The first-order chi connectivity index (χ1) is 15.9. The molecule has 0 saturated carbocycles. The van der Waals surface area contributed by atoms with Gasteiger partial charge in [-0.15, -0.1) is 0 Å². The summed E-state index contributed by atoms with van der Waals surface area (Å²) < 4.78 is 10.4. The van der Waals surface area contributed by atoms with Gasteiger partial charge in [0, 0.05) is 24.7 Å². The van der Waals surface area contributed by atoms with Crippen LogP contribution in [0.15, 0.2) is 53.5 Å². The quantitative estimate of drug-likeness (QED) is 0.552. The van der Waals surface area contributed by atoms with Crippen molar-refractivity contribution in [3.8, 4) is 5.75 Å². The van der Waals surface area contributed by atoms with E-state index < -0.39 is 11.2 Å². The third-order valence-corrected chi connectivity index (χ3v) is 5.91. The number of amidine groups is 1. The van der Waals surface area contributed by atoms with Gasteiger partial charge in [-0.1, -0.05) is 17.8 Å². The van der Waals surface area contributed by atoms with Crippen molar-refractivity contribution in [2.24, 2.45) is 4.99 Å². The molecule has 2 aromatic carbocycles. The van der Waals surface area contributed by atoms with Gasteiger partial charge in [0.05, 0.1) is 24.5 Å². The van der Waals surface area contributed by atoms with E-state index in [0.29, 0.717) is 47.6 Å². The summed E-state index contributed by atoms with van der Waals surface area (Å²) in [5, 5.41) is 2.80. The molecule has 2 amide bonds. The molecule has 8 nitrogen and oxygen atoms in total. The lowest BCUT2D eigenvalue weighted by Gasteiger charge is -2.13. The molecule has 1 heterocycles. The van der Waals surface area contributed by atoms with Crippen molar-refractivity contribution in [3.63, 3.8) is 0 Å². The van der Waals surface area contributed by atoms with Gasteiger partial charge >= 0.3 is 5.97 Å². The van der Waals surface area contributed by atoms with Crippen LogP contribution in [0.25, 0.3) is 0 Å². The van der Waals surface area contributed by atoms with E-state index in [9.17, 15) is 14.4 Å². The normalized spacial score (nSPS) is 16.7. The molecule has 174 valence electrons. The monoisotopic (exact) mass is 469 g/mol. The first kappa shape index (κ1) is 24.3. The van der Waals surface area contributed by atoms with Gasteiger partial charge in [-0.05, 0) is 57.2 Å². The number of esters is 1. The molecular weight excluding hydrogens is 442 g/mol. The molecule has 1 N–H and O–H groups in total. The summed E-state index contributed by atoms with van der Waals surface area (Å²) in [7, 11) is 0. The Hall–Kier alpha value is -3.33. The highest BCUT2D eigenvalue weighted by Gasteiger charge is 2.38. The van der Waals surface area contributed by atoms with Gasteiger partial charge in [0.2, 0.25) is 11.8 Å². The van der Waals surface area contributed by atoms with E-state index in [1.807, 2.05) is 19.9 Å². The topological polar surface area (TPSA) is 97.3 Å². The number of nitrogens with one attached hydrogen (secondary N) is 1. The van der Waals surface area contributed by atoms with Crippen LogP contribution in [0.3, 0.4) is 0 Å². The number of rotatable bonds is 9. The fourth-order valence-corrected chi connectivity index (χ4v) is 4.45. The molecule has 1 saturated heterocycles. The molecular formula is C24H27N3O5S. The van der Waals surface area contributed by atoms with E-state index in [1.165, 1.54) is 11.8 Å². The second kappa shape index (κ2) is 11.5. The van der Waals surface area contributed by atoms with E-state index in [2.05, 4.69) is 10.3 Å². The molecule has 1 fully saturated rings. The largest absolute Gasteiger partial charge is 0.494 e. The molecule has 33 heavy (non-hydrogen) atoms. The van der Waals surface area contributed by atoms with Crippen LogP contribution < -0.4 is 10.1 Å². The molecule has 0 radical (unpaired) electrons. The van der Waals surface area contributed by atoms with E-state index in [-0.39, 0.29) is 18.2 Å². The Morgan fingerprint density at radius 3 is 2.52 bits per heavy atom. The Balaban J connectivity index is 1.67. The second-order valence-corrected chi connectivity index (χ2v) is 8.23. The molecule has 0 aromatic heterocycles. The van der Waals surface area contributed by atoms with Gasteiger partial charge in [0.25, 0.3) is 0 Å². The van der Waals surface area contributed by atoms with Crippen molar-refractivity contribution in [1.29, 1.82) is 0 Å². The van der Waals surface area contributed by atoms with Crippen molar-refractivity contribution < 1.29 is 23.9 Å². The average Bonchev–Trinajstić information content (AvgIpc) is 3.08. The highest BCUT2D eigenvalue weighted by atomic mass is 32.2.